The zero-order valence-electron chi connectivity index (χ0n) is 19.6. The van der Waals surface area contributed by atoms with E-state index in [-0.39, 0.29) is 17.0 Å². The number of carbonyl (C=O) groups is 2. The molecule has 3 atom stereocenters. The topological polar surface area (TPSA) is 102 Å². The molecule has 34 heavy (non-hydrogen) atoms. The molecule has 2 aliphatic carbocycles. The van der Waals surface area contributed by atoms with Crippen LogP contribution in [0.3, 0.4) is 0 Å². The number of phenols is 1. The number of carboxylic acids is 1. The normalized spacial score (nSPS) is 25.9. The number of rotatable bonds is 7. The largest absolute Gasteiger partial charge is 0.508 e. The summed E-state index contributed by atoms with van der Waals surface area (Å²) in [6.45, 7) is 5.12. The smallest absolute Gasteiger partial charge is 0.335 e. The summed E-state index contributed by atoms with van der Waals surface area (Å²) in [6, 6.07) is 12.1. The number of amides is 2. The van der Waals surface area contributed by atoms with E-state index in [1.165, 1.54) is 42.6 Å². The lowest BCUT2D eigenvalue weighted by Gasteiger charge is -2.56. The van der Waals surface area contributed by atoms with Crippen molar-refractivity contribution >= 4 is 17.7 Å². The fraction of sp³-hybridized carbons (Fsp3) is 0.481. The van der Waals surface area contributed by atoms with Crippen LogP contribution in [0.25, 0.3) is 0 Å². The van der Waals surface area contributed by atoms with Crippen LogP contribution in [0.4, 0.5) is 10.5 Å². The number of nitrogens with one attached hydrogen (secondary N) is 2. The van der Waals surface area contributed by atoms with Gasteiger partial charge in [0.05, 0.1) is 5.56 Å². The maximum absolute atomic E-state index is 12.5. The fourth-order valence-corrected chi connectivity index (χ4v) is 6.15. The van der Waals surface area contributed by atoms with Crippen molar-refractivity contribution in [3.8, 4) is 5.75 Å². The maximum Gasteiger partial charge on any atom is 0.335 e. The lowest BCUT2D eigenvalue weighted by molar-refractivity contribution is 0.0162. The minimum Gasteiger partial charge on any atom is -0.508 e. The average Bonchev–Trinajstić information content (AvgIpc) is 3.62. The molecule has 2 bridgehead atoms. The van der Waals surface area contributed by atoms with Gasteiger partial charge in [0.25, 0.3) is 0 Å². The first kappa shape index (κ1) is 22.7. The van der Waals surface area contributed by atoms with Crippen LogP contribution in [-0.2, 0) is 11.8 Å². The highest BCUT2D eigenvalue weighted by molar-refractivity contribution is 5.91. The third kappa shape index (κ3) is 4.37. The number of hydrogen-bond acceptors (Lipinski definition) is 4. The minimum absolute atomic E-state index is 0.0759. The monoisotopic (exact) mass is 463 g/mol. The molecule has 1 aliphatic heterocycles. The van der Waals surface area contributed by atoms with Crippen LogP contribution in [0, 0.1) is 11.8 Å². The highest BCUT2D eigenvalue weighted by Gasteiger charge is 2.51. The van der Waals surface area contributed by atoms with Gasteiger partial charge in [-0.05, 0) is 98.0 Å². The van der Waals surface area contributed by atoms with Crippen molar-refractivity contribution in [2.24, 2.45) is 11.8 Å². The van der Waals surface area contributed by atoms with Gasteiger partial charge in [0.2, 0.25) is 0 Å². The molecule has 4 N–H and O–H groups in total. The molecule has 2 aromatic carbocycles. The quantitative estimate of drug-likeness (QED) is 0.493. The van der Waals surface area contributed by atoms with Crippen LogP contribution in [0.2, 0.25) is 0 Å². The molecule has 0 spiro atoms. The van der Waals surface area contributed by atoms with Crippen LogP contribution < -0.4 is 10.6 Å². The van der Waals surface area contributed by atoms with Crippen LogP contribution in [0.5, 0.6) is 5.75 Å². The second kappa shape index (κ2) is 8.95. The minimum atomic E-state index is -0.996. The molecule has 2 fully saturated rings. The van der Waals surface area contributed by atoms with Crippen molar-refractivity contribution < 1.29 is 19.8 Å². The second-order valence-corrected chi connectivity index (χ2v) is 10.3. The molecule has 1 heterocycles. The first-order valence-corrected chi connectivity index (χ1v) is 12.3. The Hall–Kier alpha value is -3.06. The number of likely N-dealkylation sites (tertiary alicyclic amines) is 1. The Bertz CT molecular complexity index is 1080. The summed E-state index contributed by atoms with van der Waals surface area (Å²) >= 11 is 0. The lowest BCUT2D eigenvalue weighted by atomic mass is 9.56. The molecule has 5 rings (SSSR count). The van der Waals surface area contributed by atoms with Gasteiger partial charge in [0, 0.05) is 30.2 Å². The van der Waals surface area contributed by atoms with Gasteiger partial charge < -0.3 is 20.8 Å². The molecule has 7 heteroatoms. The number of phenolic OH excluding ortho intramolecular Hbond substituents is 1. The van der Waals surface area contributed by atoms with E-state index >= 15 is 0 Å². The third-order valence-corrected chi connectivity index (χ3v) is 8.26. The van der Waals surface area contributed by atoms with E-state index in [4.69, 9.17) is 5.11 Å². The van der Waals surface area contributed by atoms with Gasteiger partial charge >= 0.3 is 12.0 Å². The van der Waals surface area contributed by atoms with Crippen molar-refractivity contribution in [2.75, 3.05) is 25.0 Å². The van der Waals surface area contributed by atoms with Gasteiger partial charge in [-0.15, -0.1) is 0 Å². The summed E-state index contributed by atoms with van der Waals surface area (Å²) in [5.41, 5.74) is 3.22. The highest BCUT2D eigenvalue weighted by atomic mass is 16.4. The summed E-state index contributed by atoms with van der Waals surface area (Å²) in [7, 11) is 0. The van der Waals surface area contributed by atoms with Gasteiger partial charge in [0.15, 0.2) is 0 Å². The Morgan fingerprint density at radius 1 is 1.15 bits per heavy atom. The van der Waals surface area contributed by atoms with Crippen LogP contribution >= 0.6 is 0 Å². The van der Waals surface area contributed by atoms with Crippen molar-refractivity contribution in [3.63, 3.8) is 0 Å². The Balaban J connectivity index is 1.28. The van der Waals surface area contributed by atoms with Gasteiger partial charge in [0.1, 0.15) is 5.75 Å². The molecule has 1 saturated carbocycles. The molecule has 3 aliphatic rings. The van der Waals surface area contributed by atoms with E-state index in [1.54, 1.807) is 18.2 Å². The van der Waals surface area contributed by atoms with E-state index in [0.717, 1.165) is 31.7 Å². The number of benzene rings is 2. The number of fused-ring (bicyclic) bond motifs is 4. The Labute approximate surface area is 200 Å². The number of hydrogen-bond donors (Lipinski definition) is 4. The zero-order chi connectivity index (χ0) is 23.9. The van der Waals surface area contributed by atoms with Gasteiger partial charge in [-0.2, -0.15) is 0 Å². The van der Waals surface area contributed by atoms with E-state index < -0.39 is 5.97 Å². The second-order valence-electron chi connectivity index (χ2n) is 10.3. The van der Waals surface area contributed by atoms with Crippen molar-refractivity contribution in [3.05, 3.63) is 59.2 Å². The molecule has 2 amide bonds. The van der Waals surface area contributed by atoms with Gasteiger partial charge in [-0.25, -0.2) is 9.59 Å². The Morgan fingerprint density at radius 2 is 1.91 bits per heavy atom. The lowest BCUT2D eigenvalue weighted by Crippen LogP contribution is -2.60. The van der Waals surface area contributed by atoms with Crippen molar-refractivity contribution in [1.29, 1.82) is 0 Å². The summed E-state index contributed by atoms with van der Waals surface area (Å²) in [5, 5.41) is 25.1. The van der Waals surface area contributed by atoms with Crippen molar-refractivity contribution in [1.82, 2.24) is 10.2 Å². The Kier molecular flexibility index (Phi) is 5.98. The first-order chi connectivity index (χ1) is 16.4. The maximum atomic E-state index is 12.5. The molecule has 1 saturated heterocycles. The summed E-state index contributed by atoms with van der Waals surface area (Å²) in [6.07, 6.45) is 5.56. The average molecular weight is 464 g/mol. The summed E-state index contributed by atoms with van der Waals surface area (Å²) in [4.78, 5) is 26.2. The van der Waals surface area contributed by atoms with Gasteiger partial charge in [-0.1, -0.05) is 13.0 Å². The number of urea groups is 1. The number of carboxylic acid groups (broad SMARTS) is 1. The van der Waals surface area contributed by atoms with E-state index in [1.807, 2.05) is 6.07 Å². The number of aromatic hydroxyl groups is 1. The SMILES string of the molecule is C[C@H]1[C@H]2Cc3ccc(O)cc3[C@@]1(CCNC(=O)Nc1ccc(C(=O)O)cc1)CCN2CC1CC1. The highest BCUT2D eigenvalue weighted by Crippen LogP contribution is 2.52. The summed E-state index contributed by atoms with van der Waals surface area (Å²) < 4.78 is 0. The molecule has 0 radical (unpaired) electrons. The van der Waals surface area contributed by atoms with Crippen LogP contribution in [0.15, 0.2) is 42.5 Å². The van der Waals surface area contributed by atoms with Crippen LogP contribution in [-0.4, -0.2) is 52.8 Å². The zero-order valence-corrected chi connectivity index (χ0v) is 19.6. The number of anilines is 1. The first-order valence-electron chi connectivity index (χ1n) is 12.3. The third-order valence-electron chi connectivity index (χ3n) is 8.26. The molecule has 0 aromatic heterocycles. The molecule has 7 nitrogen and oxygen atoms in total. The predicted molar refractivity (Wildman–Crippen MR) is 130 cm³/mol. The van der Waals surface area contributed by atoms with E-state index in [9.17, 15) is 14.7 Å². The van der Waals surface area contributed by atoms with Crippen molar-refractivity contribution in [2.45, 2.75) is 50.5 Å². The molecule has 180 valence electrons. The molecule has 2 aromatic rings. The predicted octanol–water partition coefficient (Wildman–Crippen LogP) is 4.22. The van der Waals surface area contributed by atoms with Crippen LogP contribution in [0.1, 0.15) is 54.1 Å². The number of nitrogens with zero attached hydrogens (tertiary/aromatic N) is 1. The summed E-state index contributed by atoms with van der Waals surface area (Å²) in [5.74, 6) is 0.600. The number of piperidine rings is 1. The fourth-order valence-electron chi connectivity index (χ4n) is 6.15. The molecule has 0 unspecified atom stereocenters. The van der Waals surface area contributed by atoms with E-state index in [2.05, 4.69) is 28.5 Å². The Morgan fingerprint density at radius 3 is 2.62 bits per heavy atom. The number of aromatic carboxylic acids is 1. The van der Waals surface area contributed by atoms with Gasteiger partial charge in [-0.3, -0.25) is 4.90 Å². The number of carbonyl (C=O) groups excluding carboxylic acids is 1. The standard InChI is InChI=1S/C27H33N3O4/c1-17-24-14-20-6-9-22(31)15-23(20)27(17,11-13-30(24)16-18-2-3-18)10-12-28-26(34)29-21-7-4-19(5-8-21)25(32)33/h4-9,15,17-18,24,31H,2-3,10-14,16H2,1H3,(H,32,33)(H2,28,29,34)/t17-,24+,27-/m0/s1. The molecular weight excluding hydrogens is 430 g/mol. The van der Waals surface area contributed by atoms with E-state index in [0.29, 0.717) is 29.9 Å². The molecular formula is C27H33N3O4.